The van der Waals surface area contributed by atoms with Gasteiger partial charge in [0.25, 0.3) is 0 Å². The van der Waals surface area contributed by atoms with Crippen molar-refractivity contribution in [2.75, 3.05) is 6.54 Å². The van der Waals surface area contributed by atoms with Gasteiger partial charge in [-0.2, -0.15) is 0 Å². The minimum atomic E-state index is 0.816. The summed E-state index contributed by atoms with van der Waals surface area (Å²) in [5.74, 6) is 2.24. The minimum Gasteiger partial charge on any atom is -0.314 e. The highest BCUT2D eigenvalue weighted by Gasteiger charge is 2.14. The molecule has 88 valence electrons. The van der Waals surface area contributed by atoms with Crippen molar-refractivity contribution in [3.05, 3.63) is 23.3 Å². The average molecular weight is 220 g/mol. The van der Waals surface area contributed by atoms with Crippen molar-refractivity contribution >= 4 is 0 Å². The second-order valence-corrected chi connectivity index (χ2v) is 4.55. The van der Waals surface area contributed by atoms with Crippen molar-refractivity contribution in [3.63, 3.8) is 0 Å². The zero-order valence-corrected chi connectivity index (χ0v) is 10.2. The van der Waals surface area contributed by atoms with Crippen LogP contribution in [-0.4, -0.2) is 21.3 Å². The number of fused-ring (bicyclic) bond motifs is 1. The van der Waals surface area contributed by atoms with Crippen LogP contribution in [0.1, 0.15) is 38.3 Å². The maximum absolute atomic E-state index is 4.24. The second kappa shape index (κ2) is 5.25. The van der Waals surface area contributed by atoms with Crippen LogP contribution in [0.3, 0.4) is 0 Å². The molecule has 0 amide bonds. The van der Waals surface area contributed by atoms with Crippen molar-refractivity contribution in [1.29, 1.82) is 0 Å². The fraction of sp³-hybridized carbons (Fsp3) is 0.667. The van der Waals surface area contributed by atoms with Crippen molar-refractivity contribution < 1.29 is 0 Å². The molecular formula is C12H20N4. The summed E-state index contributed by atoms with van der Waals surface area (Å²) >= 11 is 0. The summed E-state index contributed by atoms with van der Waals surface area (Å²) in [5, 5.41) is 11.8. The lowest BCUT2D eigenvalue weighted by Crippen LogP contribution is -2.19. The van der Waals surface area contributed by atoms with E-state index in [9.17, 15) is 0 Å². The van der Waals surface area contributed by atoms with E-state index in [2.05, 4.69) is 40.0 Å². The van der Waals surface area contributed by atoms with Crippen LogP contribution in [0.4, 0.5) is 0 Å². The number of aryl methyl sites for hydroxylation is 1. The number of rotatable bonds is 4. The predicted molar refractivity (Wildman–Crippen MR) is 64.1 cm³/mol. The fourth-order valence-electron chi connectivity index (χ4n) is 1.96. The standard InChI is InChI=1S/C12H20N4/c1-10(2)6-7-13-9-12-15-14-11-5-3-4-8-16(11)12/h6,13H,3-5,7-9H2,1-2H3. The van der Waals surface area contributed by atoms with E-state index in [1.807, 2.05) is 0 Å². The molecule has 1 aliphatic rings. The van der Waals surface area contributed by atoms with Gasteiger partial charge in [0, 0.05) is 19.5 Å². The first-order valence-corrected chi connectivity index (χ1v) is 6.02. The van der Waals surface area contributed by atoms with Crippen LogP contribution in [0.15, 0.2) is 11.6 Å². The van der Waals surface area contributed by atoms with Gasteiger partial charge in [-0.15, -0.1) is 10.2 Å². The van der Waals surface area contributed by atoms with E-state index in [0.29, 0.717) is 0 Å². The number of nitrogens with zero attached hydrogens (tertiary/aromatic N) is 3. The van der Waals surface area contributed by atoms with E-state index >= 15 is 0 Å². The van der Waals surface area contributed by atoms with Gasteiger partial charge in [0.1, 0.15) is 11.6 Å². The molecule has 16 heavy (non-hydrogen) atoms. The van der Waals surface area contributed by atoms with Crippen molar-refractivity contribution in [2.24, 2.45) is 0 Å². The Kier molecular flexibility index (Phi) is 3.72. The van der Waals surface area contributed by atoms with Crippen LogP contribution in [0.25, 0.3) is 0 Å². The Bertz CT molecular complexity index is 374. The molecule has 0 fully saturated rings. The van der Waals surface area contributed by atoms with E-state index in [1.54, 1.807) is 0 Å². The Morgan fingerprint density at radius 3 is 3.06 bits per heavy atom. The molecular weight excluding hydrogens is 200 g/mol. The topological polar surface area (TPSA) is 42.7 Å². The first kappa shape index (κ1) is 11.3. The maximum Gasteiger partial charge on any atom is 0.147 e. The Labute approximate surface area is 96.8 Å². The highest BCUT2D eigenvalue weighted by atomic mass is 15.3. The third kappa shape index (κ3) is 2.70. The minimum absolute atomic E-state index is 0.816. The molecule has 0 unspecified atom stereocenters. The van der Waals surface area contributed by atoms with E-state index in [-0.39, 0.29) is 0 Å². The van der Waals surface area contributed by atoms with Gasteiger partial charge in [-0.3, -0.25) is 0 Å². The van der Waals surface area contributed by atoms with E-state index < -0.39 is 0 Å². The van der Waals surface area contributed by atoms with Gasteiger partial charge in [-0.05, 0) is 26.7 Å². The molecule has 4 nitrogen and oxygen atoms in total. The van der Waals surface area contributed by atoms with Crippen LogP contribution < -0.4 is 5.32 Å². The quantitative estimate of drug-likeness (QED) is 0.620. The van der Waals surface area contributed by atoms with Crippen LogP contribution >= 0.6 is 0 Å². The monoisotopic (exact) mass is 220 g/mol. The molecule has 0 aromatic carbocycles. The van der Waals surface area contributed by atoms with Gasteiger partial charge in [-0.25, -0.2) is 0 Å². The molecule has 0 saturated carbocycles. The maximum atomic E-state index is 4.24. The largest absolute Gasteiger partial charge is 0.314 e. The first-order chi connectivity index (χ1) is 7.77. The fourth-order valence-corrected chi connectivity index (χ4v) is 1.96. The SMILES string of the molecule is CC(C)=CCNCc1nnc2n1CCCC2. The highest BCUT2D eigenvalue weighted by Crippen LogP contribution is 2.13. The predicted octanol–water partition coefficient (Wildman–Crippen LogP) is 1.67. The molecule has 1 aromatic rings. The summed E-state index contributed by atoms with van der Waals surface area (Å²) in [7, 11) is 0. The van der Waals surface area contributed by atoms with Gasteiger partial charge in [0.2, 0.25) is 0 Å². The number of hydrogen-bond donors (Lipinski definition) is 1. The van der Waals surface area contributed by atoms with Gasteiger partial charge >= 0.3 is 0 Å². The highest BCUT2D eigenvalue weighted by molar-refractivity contribution is 4.99. The normalized spacial score (nSPS) is 14.6. The molecule has 1 aliphatic heterocycles. The number of hydrogen-bond acceptors (Lipinski definition) is 3. The Balaban J connectivity index is 1.90. The van der Waals surface area contributed by atoms with Crippen molar-refractivity contribution in [3.8, 4) is 0 Å². The zero-order chi connectivity index (χ0) is 11.4. The van der Waals surface area contributed by atoms with Gasteiger partial charge in [-0.1, -0.05) is 11.6 Å². The van der Waals surface area contributed by atoms with Crippen LogP contribution in [0.5, 0.6) is 0 Å². The molecule has 0 radical (unpaired) electrons. The molecule has 2 rings (SSSR count). The second-order valence-electron chi connectivity index (χ2n) is 4.55. The number of nitrogens with one attached hydrogen (secondary N) is 1. The lowest BCUT2D eigenvalue weighted by molar-refractivity contribution is 0.500. The lowest BCUT2D eigenvalue weighted by atomic mass is 10.2. The summed E-state index contributed by atoms with van der Waals surface area (Å²) in [6, 6.07) is 0. The lowest BCUT2D eigenvalue weighted by Gasteiger charge is -2.14. The first-order valence-electron chi connectivity index (χ1n) is 6.02. The average Bonchev–Trinajstić information content (AvgIpc) is 2.68. The molecule has 0 bridgehead atoms. The molecule has 1 N–H and O–H groups in total. The number of aromatic nitrogens is 3. The molecule has 0 atom stereocenters. The van der Waals surface area contributed by atoms with Gasteiger partial charge in [0.05, 0.1) is 6.54 Å². The van der Waals surface area contributed by atoms with Crippen LogP contribution in [0.2, 0.25) is 0 Å². The van der Waals surface area contributed by atoms with E-state index in [4.69, 9.17) is 0 Å². The summed E-state index contributed by atoms with van der Waals surface area (Å²) in [6.07, 6.45) is 5.78. The van der Waals surface area contributed by atoms with Crippen molar-refractivity contribution in [1.82, 2.24) is 20.1 Å². The molecule has 0 aliphatic carbocycles. The Morgan fingerprint density at radius 2 is 2.25 bits per heavy atom. The molecule has 0 saturated heterocycles. The molecule has 1 aromatic heterocycles. The summed E-state index contributed by atoms with van der Waals surface area (Å²) in [4.78, 5) is 0. The van der Waals surface area contributed by atoms with Gasteiger partial charge in [0.15, 0.2) is 0 Å². The van der Waals surface area contributed by atoms with Gasteiger partial charge < -0.3 is 9.88 Å². The third-order valence-corrected chi connectivity index (χ3v) is 2.87. The van der Waals surface area contributed by atoms with Crippen LogP contribution in [0, 0.1) is 0 Å². The smallest absolute Gasteiger partial charge is 0.147 e. The third-order valence-electron chi connectivity index (χ3n) is 2.87. The summed E-state index contributed by atoms with van der Waals surface area (Å²) in [6.45, 7) is 7.03. The Hall–Kier alpha value is -1.16. The summed E-state index contributed by atoms with van der Waals surface area (Å²) < 4.78 is 2.26. The van der Waals surface area contributed by atoms with E-state index in [0.717, 1.165) is 37.7 Å². The molecule has 2 heterocycles. The summed E-state index contributed by atoms with van der Waals surface area (Å²) in [5.41, 5.74) is 1.34. The van der Waals surface area contributed by atoms with Crippen LogP contribution in [-0.2, 0) is 19.5 Å². The molecule has 0 spiro atoms. The number of allylic oxidation sites excluding steroid dienone is 1. The van der Waals surface area contributed by atoms with Crippen molar-refractivity contribution in [2.45, 2.75) is 46.2 Å². The zero-order valence-electron chi connectivity index (χ0n) is 10.2. The Morgan fingerprint density at radius 1 is 1.38 bits per heavy atom. The van der Waals surface area contributed by atoms with E-state index in [1.165, 1.54) is 18.4 Å². The molecule has 4 heteroatoms.